The second-order valence-corrected chi connectivity index (χ2v) is 8.83. The molecule has 8 heteroatoms. The van der Waals surface area contributed by atoms with Crippen LogP contribution in [0.1, 0.15) is 48.2 Å². The van der Waals surface area contributed by atoms with Crippen LogP contribution in [0, 0.1) is 18.8 Å². The Balaban J connectivity index is 1.38. The van der Waals surface area contributed by atoms with Crippen molar-refractivity contribution in [3.8, 4) is 5.88 Å². The summed E-state index contributed by atoms with van der Waals surface area (Å²) in [5, 5.41) is 19.0. The van der Waals surface area contributed by atoms with Gasteiger partial charge in [0.05, 0.1) is 17.3 Å². The van der Waals surface area contributed by atoms with E-state index in [1.54, 1.807) is 25.3 Å². The van der Waals surface area contributed by atoms with E-state index < -0.39 is 5.92 Å². The number of anilines is 1. The van der Waals surface area contributed by atoms with Gasteiger partial charge in [0, 0.05) is 56.5 Å². The van der Waals surface area contributed by atoms with Crippen molar-refractivity contribution in [2.24, 2.45) is 11.8 Å². The molecule has 2 N–H and O–H groups in total. The molecule has 0 radical (unpaired) electrons. The number of carbonyl (C=O) groups excluding carboxylic acids is 1. The molecule has 0 atom stereocenters. The van der Waals surface area contributed by atoms with Gasteiger partial charge in [-0.25, -0.2) is 9.97 Å². The van der Waals surface area contributed by atoms with E-state index in [2.05, 4.69) is 14.9 Å². The lowest BCUT2D eigenvalue weighted by Gasteiger charge is -2.32. The summed E-state index contributed by atoms with van der Waals surface area (Å²) in [6, 6.07) is 7.28. The summed E-state index contributed by atoms with van der Waals surface area (Å²) in [5.74, 6) is 1.62. The van der Waals surface area contributed by atoms with Gasteiger partial charge in [0.2, 0.25) is 5.88 Å². The van der Waals surface area contributed by atoms with Crippen molar-refractivity contribution in [2.75, 3.05) is 37.8 Å². The minimum absolute atomic E-state index is 0.0998. The predicted molar refractivity (Wildman–Crippen MR) is 124 cm³/mol. The minimum atomic E-state index is -0.438. The molecule has 2 aromatic heterocycles. The second kappa shape index (κ2) is 12.1. The lowest BCUT2D eigenvalue weighted by atomic mass is 9.92. The third kappa shape index (κ3) is 6.89. The van der Waals surface area contributed by atoms with Gasteiger partial charge in [0.1, 0.15) is 5.82 Å². The van der Waals surface area contributed by atoms with Crippen LogP contribution in [0.25, 0.3) is 0 Å². The van der Waals surface area contributed by atoms with Gasteiger partial charge in [-0.3, -0.25) is 4.79 Å². The number of aromatic nitrogens is 2. The maximum Gasteiger partial charge on any atom is 0.213 e. The molecular weight excluding hydrogens is 430 g/mol. The van der Waals surface area contributed by atoms with Crippen molar-refractivity contribution in [1.82, 2.24) is 9.97 Å². The average molecular weight is 462 g/mol. The molecule has 1 aliphatic heterocycles. The number of Topliss-reactive ketones (excluding diaryl/α,β-unsaturated/α-hetero) is 1. The molecule has 3 heterocycles. The van der Waals surface area contributed by atoms with Crippen LogP contribution in [0.4, 0.5) is 5.82 Å². The number of aryl methyl sites for hydroxylation is 1. The number of piperidine rings is 1. The highest BCUT2D eigenvalue weighted by atomic mass is 35.5. The number of aliphatic hydroxyl groups excluding tert-OH is 2. The summed E-state index contributed by atoms with van der Waals surface area (Å²) >= 11 is 5.92. The van der Waals surface area contributed by atoms with Crippen molar-refractivity contribution in [1.29, 1.82) is 0 Å². The Hall–Kier alpha value is -2.22. The zero-order valence-electron chi connectivity index (χ0n) is 18.5. The van der Waals surface area contributed by atoms with Crippen molar-refractivity contribution in [2.45, 2.75) is 39.0 Å². The SMILES string of the molecule is Cc1nc(OCCCC2CCN(c3ccc(Cl)cn3)CC2)ccc1C(=O)CC(CO)CO. The molecule has 1 saturated heterocycles. The van der Waals surface area contributed by atoms with E-state index >= 15 is 0 Å². The predicted octanol–water partition coefficient (Wildman–Crippen LogP) is 3.69. The first-order valence-electron chi connectivity index (χ1n) is 11.2. The molecular formula is C24H32ClN3O4. The fraction of sp³-hybridized carbons (Fsp3) is 0.542. The first kappa shape index (κ1) is 24.4. The van der Waals surface area contributed by atoms with Gasteiger partial charge in [-0.2, -0.15) is 0 Å². The monoisotopic (exact) mass is 461 g/mol. The summed E-state index contributed by atoms with van der Waals surface area (Å²) in [6.07, 6.45) is 6.14. The number of ether oxygens (including phenoxy) is 1. The van der Waals surface area contributed by atoms with E-state index in [0.29, 0.717) is 34.7 Å². The average Bonchev–Trinajstić information content (AvgIpc) is 2.81. The van der Waals surface area contributed by atoms with Gasteiger partial charge in [0.15, 0.2) is 5.78 Å². The van der Waals surface area contributed by atoms with Crippen LogP contribution in [-0.4, -0.2) is 58.9 Å². The first-order valence-corrected chi connectivity index (χ1v) is 11.6. The van der Waals surface area contributed by atoms with Crippen LogP contribution < -0.4 is 9.64 Å². The molecule has 0 aliphatic carbocycles. The summed E-state index contributed by atoms with van der Waals surface area (Å²) in [7, 11) is 0. The van der Waals surface area contributed by atoms with Gasteiger partial charge < -0.3 is 19.8 Å². The molecule has 2 aromatic rings. The lowest BCUT2D eigenvalue weighted by molar-refractivity contribution is 0.0878. The zero-order chi connectivity index (χ0) is 22.9. The topological polar surface area (TPSA) is 95.8 Å². The summed E-state index contributed by atoms with van der Waals surface area (Å²) in [5.41, 5.74) is 1.11. The van der Waals surface area contributed by atoms with Crippen LogP contribution in [-0.2, 0) is 0 Å². The molecule has 0 amide bonds. The molecule has 0 unspecified atom stereocenters. The normalized spacial score (nSPS) is 14.7. The van der Waals surface area contributed by atoms with Crippen LogP contribution in [0.3, 0.4) is 0 Å². The van der Waals surface area contributed by atoms with Gasteiger partial charge in [0.25, 0.3) is 0 Å². The molecule has 7 nitrogen and oxygen atoms in total. The highest BCUT2D eigenvalue weighted by Gasteiger charge is 2.20. The third-order valence-electron chi connectivity index (χ3n) is 6.01. The largest absolute Gasteiger partial charge is 0.478 e. The number of rotatable bonds is 11. The number of hydrogen-bond acceptors (Lipinski definition) is 7. The van der Waals surface area contributed by atoms with Crippen molar-refractivity contribution in [3.05, 3.63) is 46.7 Å². The lowest BCUT2D eigenvalue weighted by Crippen LogP contribution is -2.34. The highest BCUT2D eigenvalue weighted by molar-refractivity contribution is 6.30. The van der Waals surface area contributed by atoms with Crippen LogP contribution in [0.2, 0.25) is 5.02 Å². The number of nitrogens with zero attached hydrogens (tertiary/aromatic N) is 3. The van der Waals surface area contributed by atoms with Crippen molar-refractivity contribution in [3.63, 3.8) is 0 Å². The number of ketones is 1. The van der Waals surface area contributed by atoms with E-state index in [1.807, 2.05) is 12.1 Å². The number of halogens is 1. The molecule has 32 heavy (non-hydrogen) atoms. The third-order valence-corrected chi connectivity index (χ3v) is 6.23. The molecule has 3 rings (SSSR count). The van der Waals surface area contributed by atoms with E-state index in [1.165, 1.54) is 0 Å². The number of hydrogen-bond donors (Lipinski definition) is 2. The summed E-state index contributed by atoms with van der Waals surface area (Å²) in [4.78, 5) is 23.5. The maximum atomic E-state index is 12.4. The Labute approximate surface area is 194 Å². The Bertz CT molecular complexity index is 866. The molecule has 0 saturated carbocycles. The molecule has 1 fully saturated rings. The minimum Gasteiger partial charge on any atom is -0.478 e. The number of pyridine rings is 2. The molecule has 174 valence electrons. The quantitative estimate of drug-likeness (QED) is 0.389. The fourth-order valence-corrected chi connectivity index (χ4v) is 4.14. The van der Waals surface area contributed by atoms with E-state index in [0.717, 1.165) is 44.6 Å². The van der Waals surface area contributed by atoms with Crippen LogP contribution >= 0.6 is 11.6 Å². The van der Waals surface area contributed by atoms with Crippen molar-refractivity contribution < 1.29 is 19.7 Å². The Morgan fingerprint density at radius 1 is 1.22 bits per heavy atom. The molecule has 0 spiro atoms. The zero-order valence-corrected chi connectivity index (χ0v) is 19.3. The second-order valence-electron chi connectivity index (χ2n) is 8.40. The van der Waals surface area contributed by atoms with Gasteiger partial charge in [-0.1, -0.05) is 11.6 Å². The van der Waals surface area contributed by atoms with Gasteiger partial charge >= 0.3 is 0 Å². The maximum absolute atomic E-state index is 12.4. The smallest absolute Gasteiger partial charge is 0.213 e. The Morgan fingerprint density at radius 3 is 2.59 bits per heavy atom. The van der Waals surface area contributed by atoms with E-state index in [4.69, 9.17) is 26.6 Å². The molecule has 0 aromatic carbocycles. The first-order chi connectivity index (χ1) is 15.5. The summed E-state index contributed by atoms with van der Waals surface area (Å²) < 4.78 is 5.80. The number of carbonyl (C=O) groups is 1. The Kier molecular flexibility index (Phi) is 9.26. The Morgan fingerprint density at radius 2 is 1.97 bits per heavy atom. The summed E-state index contributed by atoms with van der Waals surface area (Å²) in [6.45, 7) is 3.94. The van der Waals surface area contributed by atoms with Gasteiger partial charge in [-0.05, 0) is 56.7 Å². The van der Waals surface area contributed by atoms with E-state index in [-0.39, 0.29) is 25.4 Å². The standard InChI is InChI=1S/C24H32ClN3O4/c1-17-21(22(31)13-19(15-29)16-30)5-7-24(27-17)32-12-2-3-18-8-10-28(11-9-18)23-6-4-20(25)14-26-23/h4-7,14,18-19,29-30H,2-3,8-13,15-16H2,1H3. The highest BCUT2D eigenvalue weighted by Crippen LogP contribution is 2.26. The van der Waals surface area contributed by atoms with Crippen LogP contribution in [0.15, 0.2) is 30.5 Å². The molecule has 1 aliphatic rings. The van der Waals surface area contributed by atoms with Gasteiger partial charge in [-0.15, -0.1) is 0 Å². The van der Waals surface area contributed by atoms with Crippen LogP contribution in [0.5, 0.6) is 5.88 Å². The van der Waals surface area contributed by atoms with Crippen molar-refractivity contribution >= 4 is 23.2 Å². The number of aliphatic hydroxyl groups is 2. The van der Waals surface area contributed by atoms with E-state index in [9.17, 15) is 4.79 Å². The fourth-order valence-electron chi connectivity index (χ4n) is 4.03. The molecule has 0 bridgehead atoms.